The third kappa shape index (κ3) is 2.26. The van der Waals surface area contributed by atoms with Crippen LogP contribution in [0, 0.1) is 12.3 Å². The molecule has 0 unspecified atom stereocenters. The van der Waals surface area contributed by atoms with Crippen LogP contribution in [0.4, 0.5) is 0 Å². The van der Waals surface area contributed by atoms with Crippen molar-refractivity contribution in [2.75, 3.05) is 0 Å². The van der Waals surface area contributed by atoms with E-state index in [2.05, 4.69) is 20.8 Å². The fraction of sp³-hybridized carbons (Fsp3) is 0.667. The molecule has 0 saturated heterocycles. The Morgan fingerprint density at radius 2 is 2.08 bits per heavy atom. The molecular weight excluding hydrogens is 154 g/mol. The Bertz CT molecular complexity index is 314. The van der Waals surface area contributed by atoms with E-state index < -0.39 is 0 Å². The van der Waals surface area contributed by atoms with E-state index in [0.717, 1.165) is 0 Å². The van der Waals surface area contributed by atoms with E-state index in [1.54, 1.807) is 17.7 Å². The fourth-order valence-electron chi connectivity index (χ4n) is 1.12. The molecule has 1 aromatic rings. The highest BCUT2D eigenvalue weighted by Crippen LogP contribution is 2.15. The molecule has 3 nitrogen and oxygen atoms in total. The van der Waals surface area contributed by atoms with Gasteiger partial charge in [0.15, 0.2) is 0 Å². The smallest absolute Gasteiger partial charge is 0.413 e. The molecule has 68 valence electrons. The first kappa shape index (κ1) is 9.10. The van der Waals surface area contributed by atoms with Gasteiger partial charge in [-0.2, -0.15) is 0 Å². The Hall–Kier alpha value is -0.990. The number of oxazole rings is 1. The summed E-state index contributed by atoms with van der Waals surface area (Å²) >= 11 is 0. The van der Waals surface area contributed by atoms with Crippen molar-refractivity contribution in [3.8, 4) is 0 Å². The van der Waals surface area contributed by atoms with Crippen molar-refractivity contribution >= 4 is 0 Å². The van der Waals surface area contributed by atoms with E-state index in [9.17, 15) is 4.79 Å². The summed E-state index contributed by atoms with van der Waals surface area (Å²) in [4.78, 5) is 11.1. The van der Waals surface area contributed by atoms with Gasteiger partial charge in [-0.15, -0.1) is 0 Å². The van der Waals surface area contributed by atoms with Gasteiger partial charge in [0.2, 0.25) is 0 Å². The van der Waals surface area contributed by atoms with Gasteiger partial charge in [-0.3, -0.25) is 4.57 Å². The molecule has 0 radical (unpaired) electrons. The molecular formula is C9H15NO2. The molecule has 0 aliphatic rings. The van der Waals surface area contributed by atoms with Crippen LogP contribution in [0.25, 0.3) is 0 Å². The zero-order valence-electron chi connectivity index (χ0n) is 8.05. The highest BCUT2D eigenvalue weighted by molar-refractivity contribution is 4.87. The second kappa shape index (κ2) is 2.81. The van der Waals surface area contributed by atoms with Gasteiger partial charge >= 0.3 is 5.76 Å². The van der Waals surface area contributed by atoms with E-state index in [1.807, 2.05) is 0 Å². The Labute approximate surface area is 72.0 Å². The number of aryl methyl sites for hydroxylation is 1. The van der Waals surface area contributed by atoms with Gasteiger partial charge in [0.25, 0.3) is 0 Å². The van der Waals surface area contributed by atoms with E-state index in [1.165, 1.54) is 0 Å². The molecule has 0 atom stereocenters. The van der Waals surface area contributed by atoms with Gasteiger partial charge in [-0.05, 0) is 12.3 Å². The first-order valence-corrected chi connectivity index (χ1v) is 4.05. The number of hydrogen-bond donors (Lipinski definition) is 0. The van der Waals surface area contributed by atoms with Crippen LogP contribution in [0.1, 0.15) is 26.5 Å². The lowest BCUT2D eigenvalue weighted by Gasteiger charge is -2.16. The maximum Gasteiger partial charge on any atom is 0.419 e. The van der Waals surface area contributed by atoms with Crippen molar-refractivity contribution < 1.29 is 4.42 Å². The maximum atomic E-state index is 11.1. The molecule has 0 amide bonds. The molecule has 0 aliphatic heterocycles. The third-order valence-electron chi connectivity index (χ3n) is 1.47. The van der Waals surface area contributed by atoms with Crippen molar-refractivity contribution in [1.29, 1.82) is 0 Å². The van der Waals surface area contributed by atoms with Crippen LogP contribution in [0.3, 0.4) is 0 Å². The Kier molecular flexibility index (Phi) is 2.13. The zero-order valence-corrected chi connectivity index (χ0v) is 8.05. The molecule has 0 saturated carbocycles. The summed E-state index contributed by atoms with van der Waals surface area (Å²) < 4.78 is 6.47. The molecule has 1 heterocycles. The number of hydrogen-bond acceptors (Lipinski definition) is 2. The highest BCUT2D eigenvalue weighted by Gasteiger charge is 2.13. The summed E-state index contributed by atoms with van der Waals surface area (Å²) in [6, 6.07) is 0. The normalized spacial score (nSPS) is 12.0. The summed E-state index contributed by atoms with van der Waals surface area (Å²) in [5.41, 5.74) is 0.111. The fourth-order valence-corrected chi connectivity index (χ4v) is 1.12. The van der Waals surface area contributed by atoms with Crippen LogP contribution in [0.5, 0.6) is 0 Å². The monoisotopic (exact) mass is 169 g/mol. The average Bonchev–Trinajstić information content (AvgIpc) is 2.06. The van der Waals surface area contributed by atoms with Crippen LogP contribution >= 0.6 is 0 Å². The second-order valence-corrected chi connectivity index (χ2v) is 4.30. The van der Waals surface area contributed by atoms with E-state index in [4.69, 9.17) is 4.42 Å². The Morgan fingerprint density at radius 1 is 1.50 bits per heavy atom. The molecule has 0 spiro atoms. The molecule has 0 bridgehead atoms. The number of aromatic nitrogens is 1. The van der Waals surface area contributed by atoms with Gasteiger partial charge in [0.05, 0.1) is 0 Å². The van der Waals surface area contributed by atoms with Crippen molar-refractivity contribution in [3.05, 3.63) is 22.5 Å². The molecule has 0 fully saturated rings. The molecule has 0 aromatic carbocycles. The summed E-state index contributed by atoms with van der Waals surface area (Å²) in [5, 5.41) is 0. The topological polar surface area (TPSA) is 35.1 Å². The lowest BCUT2D eigenvalue weighted by atomic mass is 9.97. The number of nitrogens with zero attached hydrogens (tertiary/aromatic N) is 1. The standard InChI is InChI=1S/C9H15NO2/c1-7-5-10(8(11)12-7)6-9(2,3)4/h5H,6H2,1-4H3. The quantitative estimate of drug-likeness (QED) is 0.642. The van der Waals surface area contributed by atoms with Crippen LogP contribution in [0.2, 0.25) is 0 Å². The third-order valence-corrected chi connectivity index (χ3v) is 1.47. The minimum Gasteiger partial charge on any atom is -0.413 e. The molecule has 3 heteroatoms. The zero-order chi connectivity index (χ0) is 9.35. The van der Waals surface area contributed by atoms with E-state index in [-0.39, 0.29) is 11.2 Å². The van der Waals surface area contributed by atoms with Crippen molar-refractivity contribution in [2.24, 2.45) is 5.41 Å². The van der Waals surface area contributed by atoms with Crippen molar-refractivity contribution in [2.45, 2.75) is 34.2 Å². The van der Waals surface area contributed by atoms with Crippen molar-refractivity contribution in [1.82, 2.24) is 4.57 Å². The number of rotatable bonds is 1. The van der Waals surface area contributed by atoms with Gasteiger partial charge in [-0.1, -0.05) is 20.8 Å². The summed E-state index contributed by atoms with van der Waals surface area (Å²) in [6.45, 7) is 8.73. The van der Waals surface area contributed by atoms with Crippen molar-refractivity contribution in [3.63, 3.8) is 0 Å². The van der Waals surface area contributed by atoms with E-state index in [0.29, 0.717) is 12.3 Å². The summed E-state index contributed by atoms with van der Waals surface area (Å²) in [5.74, 6) is 0.409. The van der Waals surface area contributed by atoms with Gasteiger partial charge in [0.1, 0.15) is 5.76 Å². The lowest BCUT2D eigenvalue weighted by Crippen LogP contribution is -2.22. The molecule has 0 aliphatic carbocycles. The SMILES string of the molecule is Cc1cn(CC(C)(C)C)c(=O)o1. The highest BCUT2D eigenvalue weighted by atomic mass is 16.4. The minimum absolute atomic E-state index is 0.111. The van der Waals surface area contributed by atoms with E-state index >= 15 is 0 Å². The lowest BCUT2D eigenvalue weighted by molar-refractivity contribution is 0.324. The average molecular weight is 169 g/mol. The van der Waals surface area contributed by atoms with Gasteiger partial charge in [0, 0.05) is 12.7 Å². The Morgan fingerprint density at radius 3 is 2.42 bits per heavy atom. The largest absolute Gasteiger partial charge is 0.419 e. The molecule has 12 heavy (non-hydrogen) atoms. The predicted octanol–water partition coefficient (Wildman–Crippen LogP) is 1.80. The Balaban J connectivity index is 2.90. The molecule has 0 N–H and O–H groups in total. The second-order valence-electron chi connectivity index (χ2n) is 4.30. The van der Waals surface area contributed by atoms with Crippen LogP contribution < -0.4 is 5.76 Å². The van der Waals surface area contributed by atoms with Crippen LogP contribution in [0.15, 0.2) is 15.4 Å². The predicted molar refractivity (Wildman–Crippen MR) is 47.2 cm³/mol. The van der Waals surface area contributed by atoms with Gasteiger partial charge in [-0.25, -0.2) is 4.79 Å². The minimum atomic E-state index is -0.262. The summed E-state index contributed by atoms with van der Waals surface area (Å²) in [6.07, 6.45) is 1.74. The van der Waals surface area contributed by atoms with Gasteiger partial charge < -0.3 is 4.42 Å². The first-order valence-electron chi connectivity index (χ1n) is 4.05. The first-order chi connectivity index (χ1) is 5.38. The summed E-state index contributed by atoms with van der Waals surface area (Å²) in [7, 11) is 0. The maximum absolute atomic E-state index is 11.1. The van der Waals surface area contributed by atoms with Crippen LogP contribution in [-0.4, -0.2) is 4.57 Å². The van der Waals surface area contributed by atoms with Crippen LogP contribution in [-0.2, 0) is 6.54 Å². The molecule has 1 rings (SSSR count). The molecule has 1 aromatic heterocycles.